The van der Waals surface area contributed by atoms with E-state index in [0.717, 1.165) is 0 Å². The van der Waals surface area contributed by atoms with Crippen LogP contribution in [0.25, 0.3) is 28.0 Å². The van der Waals surface area contributed by atoms with Crippen LogP contribution in [0.1, 0.15) is 36.2 Å². The summed E-state index contributed by atoms with van der Waals surface area (Å²) in [6.07, 6.45) is -1.24. The number of halogens is 3. The molecule has 0 aliphatic carbocycles. The zero-order valence-corrected chi connectivity index (χ0v) is 20.8. The first-order valence-corrected chi connectivity index (χ1v) is 12.8. The number of sulfonamides is 1. The van der Waals surface area contributed by atoms with E-state index in [2.05, 4.69) is 15.4 Å². The SMILES string of the molecule is CC(C)CNC(=O)c1c(S(N)(=O)=O)nn2c(-c3ccc(C(F)F)cc3)c(-c3ccccc3Cl)cnc12. The molecule has 0 aliphatic heterocycles. The van der Waals surface area contributed by atoms with Crippen LogP contribution in [0.2, 0.25) is 5.02 Å². The highest BCUT2D eigenvalue weighted by molar-refractivity contribution is 7.89. The molecular formula is C24H22ClF2N5O3S. The number of carbonyl (C=O) groups is 1. The molecule has 8 nitrogen and oxygen atoms in total. The Labute approximate surface area is 211 Å². The molecule has 0 fully saturated rings. The van der Waals surface area contributed by atoms with E-state index in [-0.39, 0.29) is 29.2 Å². The van der Waals surface area contributed by atoms with Gasteiger partial charge in [-0.2, -0.15) is 5.10 Å². The average Bonchev–Trinajstić information content (AvgIpc) is 3.23. The molecule has 2 heterocycles. The van der Waals surface area contributed by atoms with Crippen molar-refractivity contribution in [3.05, 3.63) is 70.9 Å². The summed E-state index contributed by atoms with van der Waals surface area (Å²) in [7, 11) is -4.44. The van der Waals surface area contributed by atoms with Crippen molar-refractivity contribution in [2.45, 2.75) is 25.3 Å². The van der Waals surface area contributed by atoms with Crippen molar-refractivity contribution in [2.75, 3.05) is 6.54 Å². The normalized spacial score (nSPS) is 12.0. The highest BCUT2D eigenvalue weighted by atomic mass is 35.5. The maximum Gasteiger partial charge on any atom is 0.263 e. The Kier molecular flexibility index (Phi) is 7.07. The van der Waals surface area contributed by atoms with Gasteiger partial charge in [0.05, 0.1) is 5.69 Å². The summed E-state index contributed by atoms with van der Waals surface area (Å²) in [5.41, 5.74) is 1.12. The number of fused-ring (bicyclic) bond motifs is 1. The molecule has 4 rings (SSSR count). The van der Waals surface area contributed by atoms with E-state index in [0.29, 0.717) is 27.4 Å². The second kappa shape index (κ2) is 9.92. The lowest BCUT2D eigenvalue weighted by Gasteiger charge is -2.14. The number of rotatable bonds is 7. The largest absolute Gasteiger partial charge is 0.352 e. The minimum atomic E-state index is -4.44. The lowest BCUT2D eigenvalue weighted by Crippen LogP contribution is -2.29. The van der Waals surface area contributed by atoms with E-state index in [1.807, 2.05) is 13.8 Å². The van der Waals surface area contributed by atoms with E-state index < -0.39 is 27.4 Å². The zero-order valence-electron chi connectivity index (χ0n) is 19.2. The van der Waals surface area contributed by atoms with E-state index in [9.17, 15) is 22.0 Å². The van der Waals surface area contributed by atoms with Crippen LogP contribution in [0.4, 0.5) is 8.78 Å². The minimum absolute atomic E-state index is 0.0657. The molecule has 2 aromatic heterocycles. The fraction of sp³-hybridized carbons (Fsp3) is 0.208. The summed E-state index contributed by atoms with van der Waals surface area (Å²) in [6, 6.07) is 12.3. The van der Waals surface area contributed by atoms with Gasteiger partial charge in [-0.1, -0.05) is 67.9 Å². The quantitative estimate of drug-likeness (QED) is 0.357. The number of nitrogens with two attached hydrogens (primary N) is 1. The zero-order chi connectivity index (χ0) is 26.2. The first-order valence-electron chi connectivity index (χ1n) is 10.8. The van der Waals surface area contributed by atoms with Crippen LogP contribution in [0.15, 0.2) is 59.8 Å². The Hall–Kier alpha value is -3.41. The topological polar surface area (TPSA) is 119 Å². The summed E-state index contributed by atoms with van der Waals surface area (Å²) >= 11 is 6.43. The number of nitrogens with one attached hydrogen (secondary N) is 1. The van der Waals surface area contributed by atoms with Crippen molar-refractivity contribution in [2.24, 2.45) is 11.1 Å². The number of nitrogens with zero attached hydrogens (tertiary/aromatic N) is 3. The highest BCUT2D eigenvalue weighted by Crippen LogP contribution is 2.37. The lowest BCUT2D eigenvalue weighted by molar-refractivity contribution is 0.0947. The van der Waals surface area contributed by atoms with Crippen LogP contribution in [0.5, 0.6) is 0 Å². The van der Waals surface area contributed by atoms with Gasteiger partial charge in [-0.3, -0.25) is 4.79 Å². The van der Waals surface area contributed by atoms with Gasteiger partial charge in [0.15, 0.2) is 5.65 Å². The van der Waals surface area contributed by atoms with Gasteiger partial charge in [0.1, 0.15) is 5.56 Å². The Morgan fingerprint density at radius 2 is 1.78 bits per heavy atom. The Morgan fingerprint density at radius 3 is 2.36 bits per heavy atom. The summed E-state index contributed by atoms with van der Waals surface area (Å²) in [4.78, 5) is 17.4. The van der Waals surface area contributed by atoms with Crippen LogP contribution < -0.4 is 10.5 Å². The molecule has 0 aliphatic rings. The van der Waals surface area contributed by atoms with Gasteiger partial charge in [0.25, 0.3) is 22.4 Å². The molecule has 0 saturated heterocycles. The van der Waals surface area contributed by atoms with Crippen LogP contribution in [-0.2, 0) is 10.0 Å². The van der Waals surface area contributed by atoms with Gasteiger partial charge in [0, 0.05) is 40.0 Å². The summed E-state index contributed by atoms with van der Waals surface area (Å²) < 4.78 is 52.4. The fourth-order valence-corrected chi connectivity index (χ4v) is 4.59. The molecule has 36 heavy (non-hydrogen) atoms. The van der Waals surface area contributed by atoms with Crippen molar-refractivity contribution < 1.29 is 22.0 Å². The lowest BCUT2D eigenvalue weighted by atomic mass is 9.99. The number of hydrogen-bond donors (Lipinski definition) is 2. The van der Waals surface area contributed by atoms with Crippen molar-refractivity contribution >= 4 is 33.2 Å². The van der Waals surface area contributed by atoms with Gasteiger partial charge in [-0.15, -0.1) is 0 Å². The third-order valence-electron chi connectivity index (χ3n) is 5.38. The molecule has 0 atom stereocenters. The van der Waals surface area contributed by atoms with Crippen molar-refractivity contribution in [1.29, 1.82) is 0 Å². The molecule has 4 aromatic rings. The predicted octanol–water partition coefficient (Wildman–Crippen LogP) is 4.69. The number of amides is 1. The molecule has 188 valence electrons. The third-order valence-corrected chi connectivity index (χ3v) is 6.53. The molecule has 0 spiro atoms. The predicted molar refractivity (Wildman–Crippen MR) is 132 cm³/mol. The maximum atomic E-state index is 13.2. The number of aromatic nitrogens is 3. The average molecular weight is 534 g/mol. The maximum absolute atomic E-state index is 13.2. The van der Waals surface area contributed by atoms with Gasteiger partial charge in [-0.05, 0) is 12.0 Å². The van der Waals surface area contributed by atoms with Gasteiger partial charge >= 0.3 is 0 Å². The monoisotopic (exact) mass is 533 g/mol. The second-order valence-electron chi connectivity index (χ2n) is 8.49. The molecular weight excluding hydrogens is 512 g/mol. The molecule has 0 saturated carbocycles. The fourth-order valence-electron chi connectivity index (χ4n) is 3.69. The Morgan fingerprint density at radius 1 is 1.11 bits per heavy atom. The van der Waals surface area contributed by atoms with Crippen molar-refractivity contribution in [3.8, 4) is 22.4 Å². The Balaban J connectivity index is 2.07. The van der Waals surface area contributed by atoms with Crippen molar-refractivity contribution in [3.63, 3.8) is 0 Å². The standard InChI is InChI=1S/C24H22ClF2N5O3S/c1-13(2)11-30-23(33)19-22-29-12-17(16-5-3-4-6-18(16)25)20(32(22)31-24(19)36(28,34)35)14-7-9-15(10-8-14)21(26)27/h3-10,12-13,21H,11H2,1-2H3,(H,30,33)(H2,28,34,35). The molecule has 12 heteroatoms. The van der Waals surface area contributed by atoms with Crippen molar-refractivity contribution in [1.82, 2.24) is 19.9 Å². The van der Waals surface area contributed by atoms with E-state index >= 15 is 0 Å². The summed E-state index contributed by atoms with van der Waals surface area (Å²) in [5.74, 6) is -0.614. The van der Waals surface area contributed by atoms with Gasteiger partial charge < -0.3 is 5.32 Å². The highest BCUT2D eigenvalue weighted by Gasteiger charge is 2.30. The summed E-state index contributed by atoms with van der Waals surface area (Å²) in [5, 5.41) is 12.0. The molecule has 0 radical (unpaired) electrons. The Bertz CT molecular complexity index is 1550. The second-order valence-corrected chi connectivity index (χ2v) is 10.4. The number of benzene rings is 2. The first kappa shape index (κ1) is 25.7. The number of hydrogen-bond acceptors (Lipinski definition) is 5. The molecule has 0 bridgehead atoms. The first-order chi connectivity index (χ1) is 17.0. The van der Waals surface area contributed by atoms with E-state index in [1.165, 1.54) is 35.0 Å². The van der Waals surface area contributed by atoms with Crippen LogP contribution in [0, 0.1) is 5.92 Å². The van der Waals surface area contributed by atoms with Crippen LogP contribution in [0.3, 0.4) is 0 Å². The molecule has 1 amide bonds. The smallest absolute Gasteiger partial charge is 0.263 e. The van der Waals surface area contributed by atoms with Crippen LogP contribution in [-0.4, -0.2) is 35.5 Å². The van der Waals surface area contributed by atoms with Crippen LogP contribution >= 0.6 is 11.6 Å². The van der Waals surface area contributed by atoms with E-state index in [4.69, 9.17) is 16.7 Å². The molecule has 3 N–H and O–H groups in total. The van der Waals surface area contributed by atoms with E-state index in [1.54, 1.807) is 24.3 Å². The number of carbonyl (C=O) groups excluding carboxylic acids is 1. The minimum Gasteiger partial charge on any atom is -0.352 e. The molecule has 2 aromatic carbocycles. The van der Waals surface area contributed by atoms with Gasteiger partial charge in [0.2, 0.25) is 5.03 Å². The molecule has 0 unspecified atom stereocenters. The number of alkyl halides is 2. The number of primary sulfonamides is 1. The third kappa shape index (κ3) is 4.95. The summed E-state index contributed by atoms with van der Waals surface area (Å²) in [6.45, 7) is 4.04. The van der Waals surface area contributed by atoms with Gasteiger partial charge in [-0.25, -0.2) is 31.8 Å².